The molecule has 1 rings (SSSR count). The van der Waals surface area contributed by atoms with Gasteiger partial charge in [-0.15, -0.1) is 0 Å². The van der Waals surface area contributed by atoms with E-state index in [-0.39, 0.29) is 17.9 Å². The normalized spacial score (nSPS) is 9.33. The van der Waals surface area contributed by atoms with Crippen LogP contribution in [0.3, 0.4) is 0 Å². The van der Waals surface area contributed by atoms with E-state index in [1.54, 1.807) is 0 Å². The quantitative estimate of drug-likeness (QED) is 0.606. The van der Waals surface area contributed by atoms with E-state index in [9.17, 15) is 14.5 Å². The summed E-state index contributed by atoms with van der Waals surface area (Å²) in [7, 11) is 0. The van der Waals surface area contributed by atoms with Crippen LogP contribution in [0.4, 0.5) is 15.8 Å². The van der Waals surface area contributed by atoms with Crippen LogP contribution in [-0.4, -0.2) is 18.1 Å². The first-order valence-corrected chi connectivity index (χ1v) is 4.17. The van der Waals surface area contributed by atoms with Crippen molar-refractivity contribution >= 4 is 11.4 Å². The number of nitrogens with one attached hydrogen (secondary N) is 1. The lowest BCUT2D eigenvalue weighted by Gasteiger charge is -2.04. The second-order valence-electron chi connectivity index (χ2n) is 2.72. The number of nitro benzene ring substituents is 1. The van der Waals surface area contributed by atoms with Crippen molar-refractivity contribution in [1.29, 1.82) is 5.26 Å². The van der Waals surface area contributed by atoms with Crippen LogP contribution in [-0.2, 0) is 0 Å². The minimum absolute atomic E-state index is 0.0181. The molecule has 0 saturated carbocycles. The number of hydrogen-bond acceptors (Lipinski definition) is 4. The molecule has 78 valence electrons. The van der Waals surface area contributed by atoms with Crippen molar-refractivity contribution in [2.45, 2.75) is 0 Å². The van der Waals surface area contributed by atoms with Gasteiger partial charge in [-0.05, 0) is 12.1 Å². The average molecular weight is 209 g/mol. The summed E-state index contributed by atoms with van der Waals surface area (Å²) >= 11 is 0. The number of nitrogens with zero attached hydrogens (tertiary/aromatic N) is 2. The number of benzene rings is 1. The number of rotatable bonds is 4. The molecule has 0 bridgehead atoms. The third-order valence-corrected chi connectivity index (χ3v) is 1.73. The minimum Gasteiger partial charge on any atom is -0.377 e. The van der Waals surface area contributed by atoms with E-state index in [1.807, 2.05) is 6.07 Å². The fraction of sp³-hybridized carbons (Fsp3) is 0.222. The molecule has 0 spiro atoms. The lowest BCUT2D eigenvalue weighted by Crippen LogP contribution is -2.05. The second kappa shape index (κ2) is 4.91. The van der Waals surface area contributed by atoms with E-state index in [1.165, 1.54) is 18.2 Å². The van der Waals surface area contributed by atoms with Crippen LogP contribution < -0.4 is 5.32 Å². The Bertz CT molecular complexity index is 414. The zero-order valence-corrected chi connectivity index (χ0v) is 7.74. The van der Waals surface area contributed by atoms with Gasteiger partial charge < -0.3 is 5.32 Å². The molecule has 5 nitrogen and oxygen atoms in total. The van der Waals surface area contributed by atoms with Crippen LogP contribution in [0.5, 0.6) is 0 Å². The molecule has 0 unspecified atom stereocenters. The van der Waals surface area contributed by atoms with Crippen molar-refractivity contribution in [3.63, 3.8) is 0 Å². The molecule has 0 heterocycles. The highest BCUT2D eigenvalue weighted by atomic mass is 19.1. The first kappa shape index (κ1) is 10.9. The van der Waals surface area contributed by atoms with Crippen LogP contribution in [0.1, 0.15) is 5.56 Å². The smallest absolute Gasteiger partial charge is 0.292 e. The molecule has 0 radical (unpaired) electrons. The molecule has 15 heavy (non-hydrogen) atoms. The van der Waals surface area contributed by atoms with E-state index in [0.29, 0.717) is 5.56 Å². The maximum atomic E-state index is 11.9. The monoisotopic (exact) mass is 209 g/mol. The summed E-state index contributed by atoms with van der Waals surface area (Å²) in [5.41, 5.74) is 0.293. The molecule has 0 atom stereocenters. The number of nitriles is 1. The van der Waals surface area contributed by atoms with Gasteiger partial charge in [0.2, 0.25) is 0 Å². The molecule has 1 N–H and O–H groups in total. The van der Waals surface area contributed by atoms with E-state index in [2.05, 4.69) is 5.32 Å². The fourth-order valence-electron chi connectivity index (χ4n) is 1.09. The molecular weight excluding hydrogens is 201 g/mol. The van der Waals surface area contributed by atoms with E-state index in [0.717, 1.165) is 0 Å². The molecule has 0 aliphatic rings. The molecule has 0 saturated heterocycles. The minimum atomic E-state index is -0.631. The molecule has 0 fully saturated rings. The Morgan fingerprint density at radius 3 is 2.87 bits per heavy atom. The number of alkyl halides is 1. The predicted octanol–water partition coefficient (Wildman–Crippen LogP) is 1.85. The summed E-state index contributed by atoms with van der Waals surface area (Å²) in [5.74, 6) is 0. The highest BCUT2D eigenvalue weighted by Crippen LogP contribution is 2.24. The maximum absolute atomic E-state index is 11.9. The topological polar surface area (TPSA) is 79.0 Å². The summed E-state index contributed by atoms with van der Waals surface area (Å²) in [4.78, 5) is 9.99. The number of halogens is 1. The lowest BCUT2D eigenvalue weighted by molar-refractivity contribution is -0.384. The van der Waals surface area contributed by atoms with Crippen molar-refractivity contribution in [1.82, 2.24) is 0 Å². The number of nitro groups is 1. The lowest BCUT2D eigenvalue weighted by atomic mass is 10.2. The summed E-state index contributed by atoms with van der Waals surface area (Å²) in [5, 5.41) is 21.7. The first-order valence-electron chi connectivity index (χ1n) is 4.17. The van der Waals surface area contributed by atoms with Gasteiger partial charge in [0.25, 0.3) is 5.69 Å². The highest BCUT2D eigenvalue weighted by molar-refractivity contribution is 5.64. The summed E-state index contributed by atoms with van der Waals surface area (Å²) in [6.45, 7) is -0.649. The van der Waals surface area contributed by atoms with E-state index < -0.39 is 11.6 Å². The van der Waals surface area contributed by atoms with E-state index >= 15 is 0 Å². The van der Waals surface area contributed by atoms with Gasteiger partial charge >= 0.3 is 0 Å². The maximum Gasteiger partial charge on any atom is 0.292 e. The van der Waals surface area contributed by atoms with Crippen molar-refractivity contribution < 1.29 is 9.31 Å². The molecule has 1 aromatic rings. The van der Waals surface area contributed by atoms with E-state index in [4.69, 9.17) is 5.26 Å². The van der Waals surface area contributed by atoms with Gasteiger partial charge in [-0.1, -0.05) is 0 Å². The van der Waals surface area contributed by atoms with Crippen molar-refractivity contribution in [2.24, 2.45) is 0 Å². The standard InChI is InChI=1S/C9H8FN3O2/c10-3-4-12-8-5-7(6-11)1-2-9(8)13(14)15/h1-2,5,12H,3-4H2. The number of hydrogen-bond donors (Lipinski definition) is 1. The Morgan fingerprint density at radius 1 is 1.60 bits per heavy atom. The first-order chi connectivity index (χ1) is 7.19. The Labute approximate surface area is 85.3 Å². The van der Waals surface area contributed by atoms with Crippen LogP contribution >= 0.6 is 0 Å². The van der Waals surface area contributed by atoms with Crippen LogP contribution in [0.25, 0.3) is 0 Å². The average Bonchev–Trinajstić information content (AvgIpc) is 2.25. The number of anilines is 1. The molecule has 1 aromatic carbocycles. The molecule has 0 aliphatic heterocycles. The Kier molecular flexibility index (Phi) is 3.57. The van der Waals surface area contributed by atoms with Crippen molar-refractivity contribution in [3.05, 3.63) is 33.9 Å². The molecule has 0 amide bonds. The van der Waals surface area contributed by atoms with Crippen LogP contribution in [0.2, 0.25) is 0 Å². The fourth-order valence-corrected chi connectivity index (χ4v) is 1.09. The third kappa shape index (κ3) is 2.64. The Morgan fingerprint density at radius 2 is 2.33 bits per heavy atom. The molecule has 0 aromatic heterocycles. The summed E-state index contributed by atoms with van der Waals surface area (Å²) in [6.07, 6.45) is 0. The van der Waals surface area contributed by atoms with Gasteiger partial charge in [-0.25, -0.2) is 4.39 Å². The van der Waals surface area contributed by atoms with Gasteiger partial charge in [0.05, 0.1) is 16.6 Å². The van der Waals surface area contributed by atoms with Crippen LogP contribution in [0, 0.1) is 21.4 Å². The second-order valence-corrected chi connectivity index (χ2v) is 2.72. The summed E-state index contributed by atoms with van der Waals surface area (Å²) < 4.78 is 11.9. The largest absolute Gasteiger partial charge is 0.377 e. The Balaban J connectivity index is 3.06. The van der Waals surface area contributed by atoms with Crippen molar-refractivity contribution in [2.75, 3.05) is 18.5 Å². The van der Waals surface area contributed by atoms with Gasteiger partial charge in [0, 0.05) is 12.6 Å². The summed E-state index contributed by atoms with van der Waals surface area (Å²) in [6, 6.07) is 5.75. The molecule has 6 heteroatoms. The Hall–Kier alpha value is -2.16. The zero-order chi connectivity index (χ0) is 11.3. The van der Waals surface area contributed by atoms with Crippen LogP contribution in [0.15, 0.2) is 18.2 Å². The molecular formula is C9H8FN3O2. The predicted molar refractivity (Wildman–Crippen MR) is 52.3 cm³/mol. The molecule has 0 aliphatic carbocycles. The van der Waals surface area contributed by atoms with Gasteiger partial charge in [0.1, 0.15) is 12.4 Å². The van der Waals surface area contributed by atoms with Gasteiger partial charge in [-0.3, -0.25) is 10.1 Å². The SMILES string of the molecule is N#Cc1ccc([N+](=O)[O-])c(NCCF)c1. The van der Waals surface area contributed by atoms with Crippen molar-refractivity contribution in [3.8, 4) is 6.07 Å². The highest BCUT2D eigenvalue weighted by Gasteiger charge is 2.13. The third-order valence-electron chi connectivity index (χ3n) is 1.73. The van der Waals surface area contributed by atoms with Gasteiger partial charge in [-0.2, -0.15) is 5.26 Å². The zero-order valence-electron chi connectivity index (χ0n) is 7.74. The van der Waals surface area contributed by atoms with Gasteiger partial charge in [0.15, 0.2) is 0 Å².